The largest absolute Gasteiger partial charge is 0.325 e. The van der Waals surface area contributed by atoms with Crippen molar-refractivity contribution in [1.82, 2.24) is 4.31 Å². The number of carbonyl (C=O) groups is 2. The molecule has 0 unspecified atom stereocenters. The summed E-state index contributed by atoms with van der Waals surface area (Å²) < 4.78 is 28.7. The van der Waals surface area contributed by atoms with Gasteiger partial charge in [-0.15, -0.1) is 0 Å². The molecule has 0 aromatic heterocycles. The second-order valence-corrected chi connectivity index (χ2v) is 11.1. The molecule has 0 spiro atoms. The van der Waals surface area contributed by atoms with Crippen LogP contribution in [0, 0.1) is 20.8 Å². The van der Waals surface area contributed by atoms with Gasteiger partial charge in [0.15, 0.2) is 5.78 Å². The number of amides is 1. The maximum Gasteiger partial charge on any atom is 0.244 e. The third-order valence-electron chi connectivity index (χ3n) is 5.42. The molecule has 0 fully saturated rings. The number of benzene rings is 3. The minimum Gasteiger partial charge on any atom is -0.325 e. The van der Waals surface area contributed by atoms with Crippen LogP contribution in [-0.4, -0.2) is 31.0 Å². The van der Waals surface area contributed by atoms with Crippen molar-refractivity contribution in [2.45, 2.75) is 39.1 Å². The first-order chi connectivity index (χ1) is 16.4. The van der Waals surface area contributed by atoms with Crippen LogP contribution in [0.1, 0.15) is 39.5 Å². The van der Waals surface area contributed by atoms with Crippen molar-refractivity contribution in [2.24, 2.45) is 0 Å². The predicted octanol–water partition coefficient (Wildman–Crippen LogP) is 5.95. The smallest absolute Gasteiger partial charge is 0.244 e. The zero-order valence-electron chi connectivity index (χ0n) is 19.9. The lowest BCUT2D eigenvalue weighted by Gasteiger charge is -2.24. The Hall–Kier alpha value is -2.71. The molecule has 0 heterocycles. The highest BCUT2D eigenvalue weighted by molar-refractivity contribution is 7.89. The number of sulfonamides is 1. The summed E-state index contributed by atoms with van der Waals surface area (Å²) in [5.74, 6) is -0.688. The fraction of sp³-hybridized carbons (Fsp3) is 0.231. The van der Waals surface area contributed by atoms with E-state index in [9.17, 15) is 18.0 Å². The van der Waals surface area contributed by atoms with E-state index in [2.05, 4.69) is 5.32 Å². The fourth-order valence-corrected chi connectivity index (χ4v) is 6.06. The van der Waals surface area contributed by atoms with E-state index < -0.39 is 22.5 Å². The molecule has 0 saturated heterocycles. The molecule has 0 radical (unpaired) electrons. The summed E-state index contributed by atoms with van der Waals surface area (Å²) in [4.78, 5) is 24.8. The molecule has 0 atom stereocenters. The van der Waals surface area contributed by atoms with Crippen molar-refractivity contribution in [3.8, 4) is 0 Å². The molecule has 3 aromatic carbocycles. The summed E-state index contributed by atoms with van der Waals surface area (Å²) in [5.41, 5.74) is 3.55. The average molecular weight is 533 g/mol. The van der Waals surface area contributed by atoms with Crippen LogP contribution in [0.4, 0.5) is 5.69 Å². The number of hydrogen-bond acceptors (Lipinski definition) is 4. The summed E-state index contributed by atoms with van der Waals surface area (Å²) in [5, 5.41) is 3.32. The van der Waals surface area contributed by atoms with Gasteiger partial charge in [-0.1, -0.05) is 59.1 Å². The van der Waals surface area contributed by atoms with E-state index in [0.29, 0.717) is 33.0 Å². The number of anilines is 1. The van der Waals surface area contributed by atoms with E-state index in [1.54, 1.807) is 68.4 Å². The van der Waals surface area contributed by atoms with Crippen LogP contribution in [-0.2, 0) is 21.4 Å². The minimum atomic E-state index is -4.07. The van der Waals surface area contributed by atoms with Crippen LogP contribution < -0.4 is 5.32 Å². The van der Waals surface area contributed by atoms with Gasteiger partial charge in [0.05, 0.1) is 21.5 Å². The quantitative estimate of drug-likeness (QED) is 0.363. The lowest BCUT2D eigenvalue weighted by atomic mass is 10.1. The zero-order valence-corrected chi connectivity index (χ0v) is 22.2. The second kappa shape index (κ2) is 10.9. The van der Waals surface area contributed by atoms with Crippen molar-refractivity contribution in [2.75, 3.05) is 11.9 Å². The Kier molecular flexibility index (Phi) is 8.38. The van der Waals surface area contributed by atoms with Crippen molar-refractivity contribution in [1.29, 1.82) is 0 Å². The number of nitrogens with one attached hydrogen (secondary N) is 1. The molecule has 1 N–H and O–H groups in total. The van der Waals surface area contributed by atoms with Crippen molar-refractivity contribution >= 4 is 50.6 Å². The summed E-state index contributed by atoms with van der Waals surface area (Å²) in [7, 11) is -4.07. The topological polar surface area (TPSA) is 83.6 Å². The van der Waals surface area contributed by atoms with Gasteiger partial charge in [0, 0.05) is 17.8 Å². The molecule has 184 valence electrons. The normalized spacial score (nSPS) is 11.5. The highest BCUT2D eigenvalue weighted by atomic mass is 35.5. The Morgan fingerprint density at radius 2 is 1.57 bits per heavy atom. The van der Waals surface area contributed by atoms with E-state index in [0.717, 1.165) is 9.87 Å². The Morgan fingerprint density at radius 3 is 2.17 bits per heavy atom. The van der Waals surface area contributed by atoms with Crippen LogP contribution in [0.2, 0.25) is 10.0 Å². The highest BCUT2D eigenvalue weighted by Crippen LogP contribution is 2.28. The Labute approximate surface area is 215 Å². The molecular formula is C26H26Cl2N2O4S. The maximum absolute atomic E-state index is 13.8. The zero-order chi connectivity index (χ0) is 25.9. The lowest BCUT2D eigenvalue weighted by molar-refractivity contribution is -0.116. The second-order valence-electron chi connectivity index (χ2n) is 8.43. The molecule has 0 bridgehead atoms. The molecule has 3 rings (SSSR count). The highest BCUT2D eigenvalue weighted by Gasteiger charge is 2.30. The van der Waals surface area contributed by atoms with Gasteiger partial charge in [-0.3, -0.25) is 9.59 Å². The van der Waals surface area contributed by atoms with Gasteiger partial charge in [0.1, 0.15) is 0 Å². The Balaban J connectivity index is 1.98. The number of halogens is 2. The van der Waals surface area contributed by atoms with E-state index in [1.165, 1.54) is 6.92 Å². The van der Waals surface area contributed by atoms with Gasteiger partial charge in [-0.2, -0.15) is 4.31 Å². The summed E-state index contributed by atoms with van der Waals surface area (Å²) in [6, 6.07) is 14.9. The van der Waals surface area contributed by atoms with Crippen LogP contribution >= 0.6 is 23.2 Å². The number of aryl methyl sites for hydroxylation is 3. The SMILES string of the molecule is CC(=O)c1cccc(NC(=O)CN(Cc2ccc(Cl)c(Cl)c2)S(=O)(=O)c2c(C)cc(C)cc2C)c1. The molecule has 0 aliphatic carbocycles. The van der Waals surface area contributed by atoms with Gasteiger partial charge in [0.2, 0.25) is 15.9 Å². The molecule has 9 heteroatoms. The Bertz CT molecular complexity index is 1380. The Morgan fingerprint density at radius 1 is 0.914 bits per heavy atom. The monoisotopic (exact) mass is 532 g/mol. The first kappa shape index (κ1) is 26.9. The van der Waals surface area contributed by atoms with Crippen LogP contribution in [0.3, 0.4) is 0 Å². The molecule has 6 nitrogen and oxygen atoms in total. The molecule has 0 aliphatic rings. The van der Waals surface area contributed by atoms with Crippen LogP contribution in [0.5, 0.6) is 0 Å². The lowest BCUT2D eigenvalue weighted by Crippen LogP contribution is -2.38. The first-order valence-corrected chi connectivity index (χ1v) is 13.0. The average Bonchev–Trinajstić information content (AvgIpc) is 2.75. The predicted molar refractivity (Wildman–Crippen MR) is 140 cm³/mol. The van der Waals surface area contributed by atoms with Crippen LogP contribution in [0.15, 0.2) is 59.5 Å². The summed E-state index contributed by atoms with van der Waals surface area (Å²) in [6.07, 6.45) is 0. The molecular weight excluding hydrogens is 507 g/mol. The van der Waals surface area contributed by atoms with E-state index in [1.807, 2.05) is 6.92 Å². The van der Waals surface area contributed by atoms with E-state index >= 15 is 0 Å². The minimum absolute atomic E-state index is 0.0904. The molecule has 0 aliphatic heterocycles. The summed E-state index contributed by atoms with van der Waals surface area (Å²) >= 11 is 12.2. The number of ketones is 1. The van der Waals surface area contributed by atoms with Crippen molar-refractivity contribution < 1.29 is 18.0 Å². The maximum atomic E-state index is 13.8. The number of nitrogens with zero attached hydrogens (tertiary/aromatic N) is 1. The van der Waals surface area contributed by atoms with E-state index in [-0.39, 0.29) is 22.2 Å². The van der Waals surface area contributed by atoms with Gasteiger partial charge in [-0.05, 0) is 68.7 Å². The number of hydrogen-bond donors (Lipinski definition) is 1. The van der Waals surface area contributed by atoms with Crippen LogP contribution in [0.25, 0.3) is 0 Å². The van der Waals surface area contributed by atoms with Gasteiger partial charge < -0.3 is 5.32 Å². The fourth-order valence-electron chi connectivity index (χ4n) is 3.95. The molecule has 35 heavy (non-hydrogen) atoms. The van der Waals surface area contributed by atoms with Gasteiger partial charge >= 0.3 is 0 Å². The first-order valence-electron chi connectivity index (χ1n) is 10.8. The molecule has 1 amide bonds. The molecule has 0 saturated carbocycles. The number of carbonyl (C=O) groups excluding carboxylic acids is 2. The summed E-state index contributed by atoms with van der Waals surface area (Å²) in [6.45, 7) is 6.26. The number of rotatable bonds is 8. The third-order valence-corrected chi connectivity index (χ3v) is 8.26. The van der Waals surface area contributed by atoms with Crippen molar-refractivity contribution in [3.05, 3.63) is 92.5 Å². The third kappa shape index (κ3) is 6.49. The van der Waals surface area contributed by atoms with E-state index in [4.69, 9.17) is 23.2 Å². The molecule has 3 aromatic rings. The van der Waals surface area contributed by atoms with Gasteiger partial charge in [0.25, 0.3) is 0 Å². The number of Topliss-reactive ketones (excluding diaryl/α,β-unsaturated/α-hetero) is 1. The van der Waals surface area contributed by atoms with Crippen molar-refractivity contribution in [3.63, 3.8) is 0 Å². The standard InChI is InChI=1S/C26H26Cl2N2O4S/c1-16-10-17(2)26(18(3)11-16)35(33,34)30(14-20-8-9-23(27)24(28)12-20)15-25(32)29-22-7-5-6-21(13-22)19(4)31/h5-13H,14-15H2,1-4H3,(H,29,32). The van der Waals surface area contributed by atoms with Gasteiger partial charge in [-0.25, -0.2) is 8.42 Å².